The van der Waals surface area contributed by atoms with Crippen LogP contribution in [-0.4, -0.2) is 24.0 Å². The summed E-state index contributed by atoms with van der Waals surface area (Å²) < 4.78 is 0. The molecule has 0 rings (SSSR count). The molecule has 1 atom stereocenters. The molecule has 0 saturated carbocycles. The molecule has 8 heavy (non-hydrogen) atoms. The van der Waals surface area contributed by atoms with Crippen LogP contribution in [0.15, 0.2) is 5.11 Å². The van der Waals surface area contributed by atoms with Crippen molar-refractivity contribution in [1.29, 1.82) is 0 Å². The molecule has 0 aliphatic rings. The summed E-state index contributed by atoms with van der Waals surface area (Å²) in [5, 5.41) is 11.1. The molecule has 0 aliphatic heterocycles. The summed E-state index contributed by atoms with van der Waals surface area (Å²) in [7, 11) is 0. The van der Waals surface area contributed by atoms with Gasteiger partial charge in [0.2, 0.25) is 0 Å². The molecule has 0 bridgehead atoms. The van der Waals surface area contributed by atoms with Crippen molar-refractivity contribution in [2.45, 2.75) is 6.04 Å². The van der Waals surface area contributed by atoms with E-state index in [2.05, 4.69) is 10.0 Å². The lowest BCUT2D eigenvalue weighted by atomic mass is 10.4. The number of carbonyl (C=O) groups is 1. The van der Waals surface area contributed by atoms with Gasteiger partial charge in [-0.3, -0.25) is 0 Å². The monoisotopic (exact) mass is 115 g/mol. The molecule has 0 amide bonds. The van der Waals surface area contributed by atoms with Crippen molar-refractivity contribution in [3.63, 3.8) is 0 Å². The van der Waals surface area contributed by atoms with Crippen LogP contribution < -0.4 is 0 Å². The molecule has 0 aliphatic carbocycles. The van der Waals surface area contributed by atoms with E-state index < -0.39 is 12.6 Å². The second kappa shape index (κ2) is 4.11. The minimum atomic E-state index is -0.917. The lowest BCUT2D eigenvalue weighted by Crippen LogP contribution is -2.09. The summed E-state index contributed by atoms with van der Waals surface area (Å²) in [4.78, 5) is 12.0. The van der Waals surface area contributed by atoms with Crippen molar-refractivity contribution >= 4 is 6.29 Å². The Hall–Kier alpha value is -1.06. The Morgan fingerprint density at radius 2 is 2.62 bits per heavy atom. The highest BCUT2D eigenvalue weighted by Crippen LogP contribution is 1.82. The maximum absolute atomic E-state index is 9.70. The molecular formula is C3H5N3O2. The Morgan fingerprint density at radius 3 is 2.75 bits per heavy atom. The van der Waals surface area contributed by atoms with E-state index in [1.54, 1.807) is 0 Å². The van der Waals surface area contributed by atoms with E-state index in [0.717, 1.165) is 0 Å². The van der Waals surface area contributed by atoms with Crippen molar-refractivity contribution in [2.24, 2.45) is 5.11 Å². The van der Waals surface area contributed by atoms with Gasteiger partial charge in [-0.25, -0.2) is 0 Å². The van der Waals surface area contributed by atoms with Crippen LogP contribution in [0.4, 0.5) is 0 Å². The van der Waals surface area contributed by atoms with E-state index in [1.165, 1.54) is 0 Å². The Kier molecular flexibility index (Phi) is 3.56. The zero-order valence-corrected chi connectivity index (χ0v) is 4.06. The molecule has 0 aromatic heterocycles. The predicted molar refractivity (Wildman–Crippen MR) is 26.1 cm³/mol. The third kappa shape index (κ3) is 2.17. The van der Waals surface area contributed by atoms with Gasteiger partial charge in [-0.2, -0.15) is 0 Å². The number of hydrogen-bond donors (Lipinski definition) is 1. The minimum Gasteiger partial charge on any atom is -0.395 e. The Balaban J connectivity index is 3.69. The van der Waals surface area contributed by atoms with Gasteiger partial charge in [0.25, 0.3) is 0 Å². The van der Waals surface area contributed by atoms with Crippen LogP contribution in [0.25, 0.3) is 10.4 Å². The van der Waals surface area contributed by atoms with E-state index in [0.29, 0.717) is 6.29 Å². The largest absolute Gasteiger partial charge is 0.395 e. The molecular weight excluding hydrogens is 110 g/mol. The number of aliphatic hydroxyl groups excluding tert-OH is 1. The van der Waals surface area contributed by atoms with Crippen molar-refractivity contribution in [1.82, 2.24) is 0 Å². The number of hydrogen-bond acceptors (Lipinski definition) is 3. The van der Waals surface area contributed by atoms with Crippen LogP contribution in [0.5, 0.6) is 0 Å². The first-order valence-corrected chi connectivity index (χ1v) is 1.95. The van der Waals surface area contributed by atoms with Crippen molar-refractivity contribution in [2.75, 3.05) is 6.61 Å². The van der Waals surface area contributed by atoms with E-state index in [9.17, 15) is 4.79 Å². The number of nitrogens with zero attached hydrogens (tertiary/aromatic N) is 3. The van der Waals surface area contributed by atoms with Crippen LogP contribution in [0, 0.1) is 0 Å². The van der Waals surface area contributed by atoms with E-state index in [1.807, 2.05) is 0 Å². The van der Waals surface area contributed by atoms with Crippen molar-refractivity contribution in [3.8, 4) is 0 Å². The fraction of sp³-hybridized carbons (Fsp3) is 0.667. The van der Waals surface area contributed by atoms with E-state index in [4.69, 9.17) is 10.6 Å². The topological polar surface area (TPSA) is 86.1 Å². The number of rotatable bonds is 3. The number of azide groups is 1. The summed E-state index contributed by atoms with van der Waals surface area (Å²) in [5.74, 6) is 0. The molecule has 44 valence electrons. The fourth-order valence-corrected chi connectivity index (χ4v) is 0.173. The summed E-state index contributed by atoms with van der Waals surface area (Å²) in [5.41, 5.74) is 7.69. The van der Waals surface area contributed by atoms with Crippen molar-refractivity contribution < 1.29 is 9.90 Å². The molecule has 0 spiro atoms. The molecule has 0 aromatic carbocycles. The van der Waals surface area contributed by atoms with Crippen LogP contribution in [0.1, 0.15) is 0 Å². The van der Waals surface area contributed by atoms with Gasteiger partial charge in [-0.1, -0.05) is 5.11 Å². The summed E-state index contributed by atoms with van der Waals surface area (Å²) in [6, 6.07) is -0.917. The standard InChI is InChI=1S/C3H5N3O2/c4-6-5-3(1-7)2-8/h1,3,8H,2H2/t3-/m0/s1. The van der Waals surface area contributed by atoms with E-state index in [-0.39, 0.29) is 0 Å². The number of aldehydes is 1. The Morgan fingerprint density at radius 1 is 2.00 bits per heavy atom. The van der Waals surface area contributed by atoms with Gasteiger partial charge in [0.1, 0.15) is 12.3 Å². The van der Waals surface area contributed by atoms with Crippen molar-refractivity contribution in [3.05, 3.63) is 10.4 Å². The number of carbonyl (C=O) groups excluding carboxylic acids is 1. The highest BCUT2D eigenvalue weighted by molar-refractivity contribution is 5.57. The fourth-order valence-electron chi connectivity index (χ4n) is 0.173. The quantitative estimate of drug-likeness (QED) is 0.240. The third-order valence-electron chi connectivity index (χ3n) is 0.544. The molecule has 5 nitrogen and oxygen atoms in total. The highest BCUT2D eigenvalue weighted by atomic mass is 16.3. The van der Waals surface area contributed by atoms with Crippen LogP contribution in [-0.2, 0) is 4.79 Å². The second-order valence-corrected chi connectivity index (χ2v) is 1.09. The first-order valence-electron chi connectivity index (χ1n) is 1.95. The second-order valence-electron chi connectivity index (χ2n) is 1.09. The summed E-state index contributed by atoms with van der Waals surface area (Å²) in [6.07, 6.45) is 0.389. The number of aliphatic hydroxyl groups is 1. The van der Waals surface area contributed by atoms with Crippen LogP contribution in [0.2, 0.25) is 0 Å². The molecule has 0 radical (unpaired) electrons. The van der Waals surface area contributed by atoms with Gasteiger partial charge in [-0.15, -0.1) is 0 Å². The van der Waals surface area contributed by atoms with Gasteiger partial charge in [0, 0.05) is 4.91 Å². The maximum atomic E-state index is 9.70. The highest BCUT2D eigenvalue weighted by Gasteiger charge is 1.97. The summed E-state index contributed by atoms with van der Waals surface area (Å²) in [6.45, 7) is -0.423. The maximum Gasteiger partial charge on any atom is 0.131 e. The van der Waals surface area contributed by atoms with Crippen LogP contribution >= 0.6 is 0 Å². The summed E-state index contributed by atoms with van der Waals surface area (Å²) >= 11 is 0. The first kappa shape index (κ1) is 6.94. The molecule has 0 aromatic rings. The SMILES string of the molecule is [N-]=[N+]=N[C@@H](C=O)CO. The molecule has 0 saturated heterocycles. The molecule has 5 heteroatoms. The first-order chi connectivity index (χ1) is 3.85. The average Bonchev–Trinajstić information content (AvgIpc) is 1.83. The minimum absolute atomic E-state index is 0.389. The van der Waals surface area contributed by atoms with Gasteiger partial charge in [-0.05, 0) is 5.53 Å². The average molecular weight is 115 g/mol. The van der Waals surface area contributed by atoms with Gasteiger partial charge >= 0.3 is 0 Å². The zero-order valence-electron chi connectivity index (χ0n) is 4.06. The third-order valence-corrected chi connectivity index (χ3v) is 0.544. The molecule has 0 heterocycles. The Labute approximate surface area is 45.6 Å². The van der Waals surface area contributed by atoms with Gasteiger partial charge in [0.15, 0.2) is 0 Å². The lowest BCUT2D eigenvalue weighted by Gasteiger charge is -1.90. The Bertz CT molecular complexity index is 118. The van der Waals surface area contributed by atoms with Gasteiger partial charge < -0.3 is 9.90 Å². The molecule has 0 fully saturated rings. The predicted octanol–water partition coefficient (Wildman–Crippen LogP) is -0.143. The molecule has 1 N–H and O–H groups in total. The lowest BCUT2D eigenvalue weighted by molar-refractivity contribution is -0.109. The zero-order chi connectivity index (χ0) is 6.41. The van der Waals surface area contributed by atoms with E-state index >= 15 is 0 Å². The smallest absolute Gasteiger partial charge is 0.131 e. The van der Waals surface area contributed by atoms with Gasteiger partial charge in [0.05, 0.1) is 6.61 Å². The normalized spacial score (nSPS) is 11.6. The molecule has 0 unspecified atom stereocenters. The van der Waals surface area contributed by atoms with Crippen LogP contribution in [0.3, 0.4) is 0 Å².